The third-order valence-corrected chi connectivity index (χ3v) is 6.64. The molecule has 0 radical (unpaired) electrons. The molecule has 4 nitrogen and oxygen atoms in total. The Kier molecular flexibility index (Phi) is 6.16. The summed E-state index contributed by atoms with van der Waals surface area (Å²) in [5.41, 5.74) is 3.89. The number of aryl methyl sites for hydroxylation is 1. The third kappa shape index (κ3) is 4.38. The van der Waals surface area contributed by atoms with Gasteiger partial charge in [-0.25, -0.2) is 0 Å². The third-order valence-electron chi connectivity index (χ3n) is 5.13. The Hall–Kier alpha value is -3.02. The Morgan fingerprint density at radius 2 is 1.71 bits per heavy atom. The molecule has 1 aromatic heterocycles. The highest BCUT2D eigenvalue weighted by atomic mass is 35.5. The number of fused-ring (bicyclic) bond motifs is 1. The van der Waals surface area contributed by atoms with Crippen molar-refractivity contribution in [2.24, 2.45) is 0 Å². The molecule has 4 aromatic rings. The van der Waals surface area contributed by atoms with E-state index in [1.54, 1.807) is 12.1 Å². The summed E-state index contributed by atoms with van der Waals surface area (Å²) in [5.74, 6) is 0.750. The molecule has 0 fully saturated rings. The zero-order valence-electron chi connectivity index (χ0n) is 17.5. The van der Waals surface area contributed by atoms with Gasteiger partial charge in [-0.3, -0.25) is 4.79 Å². The van der Waals surface area contributed by atoms with Gasteiger partial charge in [0.05, 0.1) is 29.8 Å². The minimum Gasteiger partial charge on any atom is -0.495 e. The number of halogens is 1. The molecule has 0 bridgehead atoms. The molecule has 0 spiro atoms. The van der Waals surface area contributed by atoms with Gasteiger partial charge in [0.25, 0.3) is 5.91 Å². The van der Waals surface area contributed by atoms with Crippen molar-refractivity contribution in [3.05, 3.63) is 87.3 Å². The van der Waals surface area contributed by atoms with Gasteiger partial charge >= 0.3 is 0 Å². The number of rotatable bonds is 6. The maximum Gasteiger partial charge on any atom is 0.266 e. The summed E-state index contributed by atoms with van der Waals surface area (Å²) in [6.07, 6.45) is 0.675. The van der Waals surface area contributed by atoms with Crippen LogP contribution in [-0.4, -0.2) is 20.1 Å². The van der Waals surface area contributed by atoms with Crippen LogP contribution in [0.3, 0.4) is 0 Å². The summed E-state index contributed by atoms with van der Waals surface area (Å²) < 4.78 is 11.8. The number of methoxy groups -OCH3 is 2. The fraction of sp³-hybridized carbons (Fsp3) is 0.160. The first-order chi connectivity index (χ1) is 15.0. The highest BCUT2D eigenvalue weighted by Gasteiger charge is 2.21. The number of carbonyl (C=O) groups is 1. The quantitative estimate of drug-likeness (QED) is 0.353. The van der Waals surface area contributed by atoms with Gasteiger partial charge in [-0.15, -0.1) is 11.3 Å². The Bertz CT molecular complexity index is 1250. The van der Waals surface area contributed by atoms with Crippen LogP contribution in [0.4, 0.5) is 5.69 Å². The van der Waals surface area contributed by atoms with Gasteiger partial charge in [0.1, 0.15) is 11.5 Å². The summed E-state index contributed by atoms with van der Waals surface area (Å²) in [4.78, 5) is 14.0. The first-order valence-corrected chi connectivity index (χ1v) is 11.0. The van der Waals surface area contributed by atoms with Crippen molar-refractivity contribution in [3.8, 4) is 11.5 Å². The Balaban J connectivity index is 1.74. The smallest absolute Gasteiger partial charge is 0.266 e. The van der Waals surface area contributed by atoms with E-state index >= 15 is 0 Å². The number of hydrogen-bond donors (Lipinski definition) is 1. The zero-order chi connectivity index (χ0) is 22.0. The molecule has 1 amide bonds. The second kappa shape index (κ2) is 9.00. The summed E-state index contributed by atoms with van der Waals surface area (Å²) in [6, 6.07) is 19.8. The molecule has 0 unspecified atom stereocenters. The Labute approximate surface area is 190 Å². The van der Waals surface area contributed by atoms with E-state index in [1.807, 2.05) is 18.2 Å². The van der Waals surface area contributed by atoms with Crippen molar-refractivity contribution in [2.75, 3.05) is 19.5 Å². The molecule has 0 atom stereocenters. The first kappa shape index (κ1) is 21.2. The predicted molar refractivity (Wildman–Crippen MR) is 128 cm³/mol. The van der Waals surface area contributed by atoms with Gasteiger partial charge < -0.3 is 14.8 Å². The SMILES string of the molecule is COc1cc(NC(=O)c2sc3ccccc3c2Cc2ccc(C)cc2)c(OC)cc1Cl. The minimum atomic E-state index is -0.189. The van der Waals surface area contributed by atoms with Gasteiger partial charge in [-0.1, -0.05) is 59.6 Å². The van der Waals surface area contributed by atoms with Crippen molar-refractivity contribution < 1.29 is 14.3 Å². The molecular formula is C25H22ClNO3S. The molecule has 3 aromatic carbocycles. The molecule has 0 aliphatic heterocycles. The van der Waals surface area contributed by atoms with Crippen LogP contribution in [0.5, 0.6) is 11.5 Å². The standard InChI is InChI=1S/C25H22ClNO3S/c1-15-8-10-16(11-9-15)12-18-17-6-4-5-7-23(17)31-24(18)25(28)27-20-14-21(29-2)19(26)13-22(20)30-3/h4-11,13-14H,12H2,1-3H3,(H,27,28). The van der Waals surface area contributed by atoms with E-state index in [2.05, 4.69) is 42.6 Å². The summed E-state index contributed by atoms with van der Waals surface area (Å²) in [5, 5.41) is 4.50. The zero-order valence-corrected chi connectivity index (χ0v) is 19.1. The lowest BCUT2D eigenvalue weighted by atomic mass is 10.0. The topological polar surface area (TPSA) is 47.6 Å². The lowest BCUT2D eigenvalue weighted by Gasteiger charge is -2.13. The predicted octanol–water partition coefficient (Wildman–Crippen LogP) is 6.72. The van der Waals surface area contributed by atoms with Crippen LogP contribution in [0.15, 0.2) is 60.7 Å². The summed E-state index contributed by atoms with van der Waals surface area (Å²) >= 11 is 7.69. The van der Waals surface area contributed by atoms with E-state index in [0.717, 1.165) is 21.2 Å². The summed E-state index contributed by atoms with van der Waals surface area (Å²) in [7, 11) is 3.07. The normalized spacial score (nSPS) is 10.8. The van der Waals surface area contributed by atoms with Gasteiger partial charge in [0.2, 0.25) is 0 Å². The maximum absolute atomic E-state index is 13.4. The fourth-order valence-corrected chi connectivity index (χ4v) is 4.85. The van der Waals surface area contributed by atoms with Crippen molar-refractivity contribution in [2.45, 2.75) is 13.3 Å². The van der Waals surface area contributed by atoms with E-state index in [1.165, 1.54) is 31.1 Å². The van der Waals surface area contributed by atoms with E-state index in [0.29, 0.717) is 33.5 Å². The highest BCUT2D eigenvalue weighted by molar-refractivity contribution is 7.21. The van der Waals surface area contributed by atoms with Crippen molar-refractivity contribution >= 4 is 44.6 Å². The summed E-state index contributed by atoms with van der Waals surface area (Å²) in [6.45, 7) is 2.07. The van der Waals surface area contributed by atoms with Crippen LogP contribution in [0.1, 0.15) is 26.4 Å². The fourth-order valence-electron chi connectivity index (χ4n) is 3.50. The van der Waals surface area contributed by atoms with Crippen LogP contribution in [0, 0.1) is 6.92 Å². The molecular weight excluding hydrogens is 430 g/mol. The second-order valence-electron chi connectivity index (χ2n) is 7.21. The van der Waals surface area contributed by atoms with Crippen LogP contribution >= 0.6 is 22.9 Å². The lowest BCUT2D eigenvalue weighted by Crippen LogP contribution is -2.13. The molecule has 6 heteroatoms. The number of amides is 1. The molecule has 1 N–H and O–H groups in total. The van der Waals surface area contributed by atoms with Crippen molar-refractivity contribution in [1.29, 1.82) is 0 Å². The van der Waals surface area contributed by atoms with Crippen LogP contribution < -0.4 is 14.8 Å². The first-order valence-electron chi connectivity index (χ1n) is 9.79. The van der Waals surface area contributed by atoms with E-state index in [4.69, 9.17) is 21.1 Å². The van der Waals surface area contributed by atoms with E-state index in [9.17, 15) is 4.79 Å². The van der Waals surface area contributed by atoms with Crippen LogP contribution in [0.2, 0.25) is 5.02 Å². The van der Waals surface area contributed by atoms with Gasteiger partial charge in [0, 0.05) is 16.8 Å². The van der Waals surface area contributed by atoms with Gasteiger partial charge in [-0.05, 0) is 35.9 Å². The molecule has 0 saturated heterocycles. The molecule has 4 rings (SSSR count). The maximum atomic E-state index is 13.4. The van der Waals surface area contributed by atoms with E-state index in [-0.39, 0.29) is 5.91 Å². The van der Waals surface area contributed by atoms with Gasteiger partial charge in [0.15, 0.2) is 0 Å². The number of thiophene rings is 1. The molecule has 0 aliphatic carbocycles. The average molecular weight is 452 g/mol. The number of hydrogen-bond acceptors (Lipinski definition) is 4. The number of anilines is 1. The molecule has 0 saturated carbocycles. The molecule has 31 heavy (non-hydrogen) atoms. The van der Waals surface area contributed by atoms with Crippen molar-refractivity contribution in [3.63, 3.8) is 0 Å². The molecule has 1 heterocycles. The van der Waals surface area contributed by atoms with Crippen LogP contribution in [0.25, 0.3) is 10.1 Å². The number of ether oxygens (including phenoxy) is 2. The van der Waals surface area contributed by atoms with Gasteiger partial charge in [-0.2, -0.15) is 0 Å². The number of carbonyl (C=O) groups excluding carboxylic acids is 1. The molecule has 0 aliphatic rings. The van der Waals surface area contributed by atoms with Crippen LogP contribution in [-0.2, 0) is 6.42 Å². The minimum absolute atomic E-state index is 0.189. The number of nitrogens with one attached hydrogen (secondary N) is 1. The monoisotopic (exact) mass is 451 g/mol. The van der Waals surface area contributed by atoms with Crippen molar-refractivity contribution in [1.82, 2.24) is 0 Å². The largest absolute Gasteiger partial charge is 0.495 e. The average Bonchev–Trinajstić information content (AvgIpc) is 3.14. The highest BCUT2D eigenvalue weighted by Crippen LogP contribution is 2.38. The Morgan fingerprint density at radius 3 is 2.42 bits per heavy atom. The number of benzene rings is 3. The molecule has 158 valence electrons. The van der Waals surface area contributed by atoms with E-state index < -0.39 is 0 Å². The lowest BCUT2D eigenvalue weighted by molar-refractivity contribution is 0.102. The second-order valence-corrected chi connectivity index (χ2v) is 8.67. The Morgan fingerprint density at radius 1 is 1.00 bits per heavy atom.